The zero-order chi connectivity index (χ0) is 23.0. The van der Waals surface area contributed by atoms with Gasteiger partial charge in [-0.05, 0) is 42.3 Å². The number of amides is 1. The summed E-state index contributed by atoms with van der Waals surface area (Å²) < 4.78 is 27.2. The van der Waals surface area contributed by atoms with Crippen LogP contribution in [-0.2, 0) is 9.53 Å². The maximum atomic E-state index is 13.5. The van der Waals surface area contributed by atoms with Crippen molar-refractivity contribution in [3.8, 4) is 23.0 Å². The number of carbonyl (C=O) groups is 2. The van der Waals surface area contributed by atoms with Crippen LogP contribution in [0.15, 0.2) is 29.2 Å². The van der Waals surface area contributed by atoms with Crippen molar-refractivity contribution in [2.24, 2.45) is 0 Å². The SMILES string of the molecule is CCOC(=O)[C@H]1c2cc(OC)c(OC)cc2C(=O)N2CSc3cc(OC)c(OC)cc3[C@H]12. The van der Waals surface area contributed by atoms with Gasteiger partial charge in [-0.2, -0.15) is 0 Å². The lowest BCUT2D eigenvalue weighted by molar-refractivity contribution is -0.146. The molecule has 0 saturated carbocycles. The maximum Gasteiger partial charge on any atom is 0.315 e. The summed E-state index contributed by atoms with van der Waals surface area (Å²) in [5.74, 6) is 1.05. The minimum Gasteiger partial charge on any atom is -0.493 e. The average molecular weight is 460 g/mol. The molecule has 0 spiro atoms. The number of benzene rings is 2. The van der Waals surface area contributed by atoms with E-state index in [1.54, 1.807) is 38.2 Å². The van der Waals surface area contributed by atoms with Crippen molar-refractivity contribution < 1.29 is 33.3 Å². The molecule has 0 bridgehead atoms. The molecular weight excluding hydrogens is 434 g/mol. The topological polar surface area (TPSA) is 83.5 Å². The Kier molecular flexibility index (Phi) is 6.10. The minimum atomic E-state index is -0.736. The van der Waals surface area contributed by atoms with Crippen molar-refractivity contribution in [3.63, 3.8) is 0 Å². The van der Waals surface area contributed by atoms with Crippen molar-refractivity contribution in [1.82, 2.24) is 4.90 Å². The van der Waals surface area contributed by atoms with E-state index < -0.39 is 17.9 Å². The van der Waals surface area contributed by atoms with E-state index in [0.29, 0.717) is 40.0 Å². The lowest BCUT2D eigenvalue weighted by Crippen LogP contribution is -2.46. The van der Waals surface area contributed by atoms with Gasteiger partial charge in [0.15, 0.2) is 23.0 Å². The summed E-state index contributed by atoms with van der Waals surface area (Å²) in [6, 6.07) is 6.50. The number of ether oxygens (including phenoxy) is 5. The Bertz CT molecular complexity index is 1070. The van der Waals surface area contributed by atoms with Crippen LogP contribution in [0.25, 0.3) is 0 Å². The predicted molar refractivity (Wildman–Crippen MR) is 118 cm³/mol. The number of nitrogens with zero attached hydrogens (tertiary/aromatic N) is 1. The zero-order valence-electron chi connectivity index (χ0n) is 18.6. The van der Waals surface area contributed by atoms with Crippen LogP contribution in [0.3, 0.4) is 0 Å². The second-order valence-corrected chi connectivity index (χ2v) is 8.25. The highest BCUT2D eigenvalue weighted by Crippen LogP contribution is 2.53. The van der Waals surface area contributed by atoms with E-state index in [9.17, 15) is 9.59 Å². The number of fused-ring (bicyclic) bond motifs is 4. The minimum absolute atomic E-state index is 0.181. The van der Waals surface area contributed by atoms with Gasteiger partial charge in [-0.25, -0.2) is 0 Å². The van der Waals surface area contributed by atoms with Crippen LogP contribution in [0.5, 0.6) is 23.0 Å². The van der Waals surface area contributed by atoms with Crippen molar-refractivity contribution in [2.75, 3.05) is 40.9 Å². The Morgan fingerprint density at radius 1 is 0.938 bits per heavy atom. The average Bonchev–Trinajstić information content (AvgIpc) is 2.82. The first-order valence-electron chi connectivity index (χ1n) is 10.1. The molecule has 4 rings (SSSR count). The molecular formula is C23H25NO7S. The van der Waals surface area contributed by atoms with Crippen LogP contribution in [0.1, 0.15) is 40.4 Å². The van der Waals surface area contributed by atoms with E-state index in [0.717, 1.165) is 10.5 Å². The molecule has 0 aliphatic carbocycles. The van der Waals surface area contributed by atoms with Gasteiger partial charge >= 0.3 is 5.97 Å². The van der Waals surface area contributed by atoms with E-state index >= 15 is 0 Å². The molecule has 2 heterocycles. The molecule has 0 fully saturated rings. The largest absolute Gasteiger partial charge is 0.493 e. The predicted octanol–water partition coefficient (Wildman–Crippen LogP) is 3.63. The number of carbonyl (C=O) groups excluding carboxylic acids is 2. The summed E-state index contributed by atoms with van der Waals surface area (Å²) in [6.45, 7) is 1.99. The highest BCUT2D eigenvalue weighted by Gasteiger charge is 2.48. The van der Waals surface area contributed by atoms with Crippen LogP contribution in [0, 0.1) is 0 Å². The van der Waals surface area contributed by atoms with Gasteiger partial charge in [0.25, 0.3) is 5.91 Å². The van der Waals surface area contributed by atoms with Gasteiger partial charge < -0.3 is 28.6 Å². The van der Waals surface area contributed by atoms with Crippen molar-refractivity contribution in [3.05, 3.63) is 41.0 Å². The maximum absolute atomic E-state index is 13.5. The second-order valence-electron chi connectivity index (χ2n) is 7.26. The lowest BCUT2D eigenvalue weighted by Gasteiger charge is -2.44. The van der Waals surface area contributed by atoms with Gasteiger partial charge in [0.1, 0.15) is 5.92 Å². The Balaban J connectivity index is 1.96. The third kappa shape index (κ3) is 3.40. The van der Waals surface area contributed by atoms with Gasteiger partial charge in [0.05, 0.1) is 47.0 Å². The van der Waals surface area contributed by atoms with E-state index in [1.807, 2.05) is 12.1 Å². The molecule has 2 aromatic carbocycles. The summed E-state index contributed by atoms with van der Waals surface area (Å²) >= 11 is 1.51. The van der Waals surface area contributed by atoms with Crippen LogP contribution in [0.4, 0.5) is 0 Å². The van der Waals surface area contributed by atoms with E-state index in [-0.39, 0.29) is 12.5 Å². The third-order valence-electron chi connectivity index (χ3n) is 5.77. The quantitative estimate of drug-likeness (QED) is 0.606. The number of hydrogen-bond acceptors (Lipinski definition) is 8. The molecule has 9 heteroatoms. The number of rotatable bonds is 6. The van der Waals surface area contributed by atoms with E-state index in [1.165, 1.54) is 26.0 Å². The van der Waals surface area contributed by atoms with Crippen molar-refractivity contribution in [2.45, 2.75) is 23.8 Å². The zero-order valence-corrected chi connectivity index (χ0v) is 19.4. The second kappa shape index (κ2) is 8.82. The number of hydrogen-bond donors (Lipinski definition) is 0. The van der Waals surface area contributed by atoms with Crippen LogP contribution < -0.4 is 18.9 Å². The molecule has 2 aliphatic heterocycles. The Hall–Kier alpha value is -3.07. The molecule has 0 N–H and O–H groups in total. The first-order valence-corrected chi connectivity index (χ1v) is 11.1. The first-order chi connectivity index (χ1) is 15.5. The Labute approximate surface area is 190 Å². The van der Waals surface area contributed by atoms with Crippen molar-refractivity contribution in [1.29, 1.82) is 0 Å². The smallest absolute Gasteiger partial charge is 0.315 e. The number of thioether (sulfide) groups is 1. The number of methoxy groups -OCH3 is 4. The van der Waals surface area contributed by atoms with Crippen LogP contribution in [0.2, 0.25) is 0 Å². The normalized spacial score (nSPS) is 18.8. The molecule has 0 saturated heterocycles. The Morgan fingerprint density at radius 2 is 1.50 bits per heavy atom. The molecule has 0 unspecified atom stereocenters. The summed E-state index contributed by atoms with van der Waals surface area (Å²) in [7, 11) is 6.16. The summed E-state index contributed by atoms with van der Waals surface area (Å²) in [5, 5.41) is 0. The van der Waals surface area contributed by atoms with Gasteiger partial charge in [0.2, 0.25) is 0 Å². The molecule has 2 aromatic rings. The summed E-state index contributed by atoms with van der Waals surface area (Å²) in [4.78, 5) is 29.4. The summed E-state index contributed by atoms with van der Waals surface area (Å²) in [5.41, 5.74) is 1.77. The molecule has 2 atom stereocenters. The molecule has 170 valence electrons. The van der Waals surface area contributed by atoms with Crippen molar-refractivity contribution >= 4 is 23.6 Å². The van der Waals surface area contributed by atoms with E-state index in [2.05, 4.69) is 0 Å². The summed E-state index contributed by atoms with van der Waals surface area (Å²) in [6.07, 6.45) is 0. The Morgan fingerprint density at radius 3 is 2.09 bits per heavy atom. The highest BCUT2D eigenvalue weighted by molar-refractivity contribution is 7.99. The molecule has 0 radical (unpaired) electrons. The molecule has 2 aliphatic rings. The number of esters is 1. The lowest BCUT2D eigenvalue weighted by atomic mass is 9.79. The van der Waals surface area contributed by atoms with Gasteiger partial charge in [0, 0.05) is 10.5 Å². The van der Waals surface area contributed by atoms with Gasteiger partial charge in [-0.15, -0.1) is 11.8 Å². The van der Waals surface area contributed by atoms with Gasteiger partial charge in [-0.3, -0.25) is 9.59 Å². The fourth-order valence-corrected chi connectivity index (χ4v) is 5.41. The first kappa shape index (κ1) is 22.1. The van der Waals surface area contributed by atoms with Crippen LogP contribution >= 0.6 is 11.8 Å². The van der Waals surface area contributed by atoms with Gasteiger partial charge in [-0.1, -0.05) is 0 Å². The third-order valence-corrected chi connectivity index (χ3v) is 6.84. The molecule has 0 aromatic heterocycles. The van der Waals surface area contributed by atoms with Crippen LogP contribution in [-0.4, -0.2) is 57.7 Å². The molecule has 8 nitrogen and oxygen atoms in total. The van der Waals surface area contributed by atoms with E-state index in [4.69, 9.17) is 23.7 Å². The molecule has 1 amide bonds. The monoisotopic (exact) mass is 459 g/mol. The molecule has 32 heavy (non-hydrogen) atoms. The fourth-order valence-electron chi connectivity index (χ4n) is 4.31. The highest BCUT2D eigenvalue weighted by atomic mass is 32.2. The standard InChI is InChI=1S/C23H25NO7S/c1-6-31-23(26)20-12-7-15(27-2)16(28-3)8-13(12)22(25)24-11-32-19-10-18(30-5)17(29-4)9-14(19)21(20)24/h7-10,20-21H,6,11H2,1-5H3/t20-,21+/m0/s1. The fraction of sp³-hybridized carbons (Fsp3) is 0.391.